The van der Waals surface area contributed by atoms with Crippen LogP contribution in [-0.4, -0.2) is 12.0 Å². The highest BCUT2D eigenvalue weighted by Crippen LogP contribution is 2.33. The summed E-state index contributed by atoms with van der Waals surface area (Å²) in [4.78, 5) is 10.4. The summed E-state index contributed by atoms with van der Waals surface area (Å²) >= 11 is 6.17. The number of benzene rings is 2. The molecule has 0 aliphatic carbocycles. The van der Waals surface area contributed by atoms with Crippen molar-refractivity contribution in [3.63, 3.8) is 0 Å². The van der Waals surface area contributed by atoms with Gasteiger partial charge in [0.25, 0.3) is 5.69 Å². The van der Waals surface area contributed by atoms with E-state index in [-0.39, 0.29) is 5.69 Å². The Labute approximate surface area is 127 Å². The van der Waals surface area contributed by atoms with Crippen molar-refractivity contribution in [2.24, 2.45) is 0 Å². The van der Waals surface area contributed by atoms with Gasteiger partial charge in [-0.2, -0.15) is 0 Å². The molecule has 0 heterocycles. The molecule has 2 aromatic rings. The van der Waals surface area contributed by atoms with Gasteiger partial charge in [-0.05, 0) is 37.7 Å². The summed E-state index contributed by atoms with van der Waals surface area (Å²) in [6, 6.07) is 9.88. The van der Waals surface area contributed by atoms with Crippen molar-refractivity contribution in [2.45, 2.75) is 13.5 Å². The first-order valence-corrected chi connectivity index (χ1v) is 6.75. The number of rotatable bonds is 5. The smallest absolute Gasteiger partial charge is 0.273 e. The fourth-order valence-corrected chi connectivity index (χ4v) is 2.15. The Morgan fingerprint density at radius 3 is 2.71 bits per heavy atom. The summed E-state index contributed by atoms with van der Waals surface area (Å²) in [6.07, 6.45) is 0. The predicted molar refractivity (Wildman–Crippen MR) is 82.1 cm³/mol. The number of nitrogens with one attached hydrogen (secondary N) is 1. The fraction of sp³-hybridized carbons (Fsp3) is 0.200. The lowest BCUT2D eigenvalue weighted by atomic mass is 10.1. The van der Waals surface area contributed by atoms with E-state index < -0.39 is 4.92 Å². The van der Waals surface area contributed by atoms with Crippen molar-refractivity contribution in [1.82, 2.24) is 5.32 Å². The van der Waals surface area contributed by atoms with E-state index in [0.29, 0.717) is 23.1 Å². The van der Waals surface area contributed by atoms with Crippen LogP contribution in [-0.2, 0) is 6.54 Å². The molecule has 0 aromatic heterocycles. The standard InChI is InChI=1S/C15H15ClN2O3/c1-10-6-7-11(18(19)20)8-15(10)21-14-5-3-4-13(16)12(14)9-17-2/h3-8,17H,9H2,1-2H3. The molecular weight excluding hydrogens is 292 g/mol. The normalized spacial score (nSPS) is 10.4. The lowest BCUT2D eigenvalue weighted by molar-refractivity contribution is -0.384. The average Bonchev–Trinajstić information content (AvgIpc) is 2.44. The zero-order valence-electron chi connectivity index (χ0n) is 11.7. The van der Waals surface area contributed by atoms with Crippen molar-refractivity contribution in [1.29, 1.82) is 0 Å². The highest BCUT2D eigenvalue weighted by atomic mass is 35.5. The van der Waals surface area contributed by atoms with Crippen molar-refractivity contribution in [2.75, 3.05) is 7.05 Å². The van der Waals surface area contributed by atoms with Crippen LogP contribution in [0.1, 0.15) is 11.1 Å². The second kappa shape index (κ2) is 6.56. The maximum absolute atomic E-state index is 10.9. The third-order valence-electron chi connectivity index (χ3n) is 3.03. The highest BCUT2D eigenvalue weighted by Gasteiger charge is 2.13. The van der Waals surface area contributed by atoms with Crippen LogP contribution >= 0.6 is 11.6 Å². The zero-order chi connectivity index (χ0) is 15.4. The van der Waals surface area contributed by atoms with Crippen LogP contribution in [0.25, 0.3) is 0 Å². The molecule has 0 aliphatic rings. The van der Waals surface area contributed by atoms with Gasteiger partial charge in [0, 0.05) is 23.2 Å². The first-order chi connectivity index (χ1) is 10.0. The first kappa shape index (κ1) is 15.3. The average molecular weight is 307 g/mol. The molecule has 6 heteroatoms. The quantitative estimate of drug-likeness (QED) is 0.668. The van der Waals surface area contributed by atoms with Gasteiger partial charge >= 0.3 is 0 Å². The minimum Gasteiger partial charge on any atom is -0.456 e. The van der Waals surface area contributed by atoms with Crippen molar-refractivity contribution in [3.8, 4) is 11.5 Å². The van der Waals surface area contributed by atoms with Crippen molar-refractivity contribution >= 4 is 17.3 Å². The predicted octanol–water partition coefficient (Wildman–Crippen LogP) is 4.07. The van der Waals surface area contributed by atoms with E-state index in [1.807, 2.05) is 14.0 Å². The summed E-state index contributed by atoms with van der Waals surface area (Å²) in [5, 5.41) is 14.5. The van der Waals surface area contributed by atoms with Gasteiger partial charge in [0.1, 0.15) is 11.5 Å². The molecule has 21 heavy (non-hydrogen) atoms. The van der Waals surface area contributed by atoms with Gasteiger partial charge in [0.2, 0.25) is 0 Å². The van der Waals surface area contributed by atoms with Gasteiger partial charge in [0.05, 0.1) is 11.0 Å². The summed E-state index contributed by atoms with van der Waals surface area (Å²) in [5.41, 5.74) is 1.62. The SMILES string of the molecule is CNCc1c(Cl)cccc1Oc1cc([N+](=O)[O-])ccc1C. The number of halogens is 1. The van der Waals surface area contributed by atoms with Gasteiger partial charge in [-0.25, -0.2) is 0 Å². The second-order valence-electron chi connectivity index (χ2n) is 4.56. The Hall–Kier alpha value is -2.11. The first-order valence-electron chi connectivity index (χ1n) is 6.38. The number of nitrogens with zero attached hydrogens (tertiary/aromatic N) is 1. The van der Waals surface area contributed by atoms with Crippen molar-refractivity contribution in [3.05, 3.63) is 62.7 Å². The molecule has 0 saturated carbocycles. The summed E-state index contributed by atoms with van der Waals surface area (Å²) in [6.45, 7) is 2.38. The minimum atomic E-state index is -0.446. The number of nitro benzene ring substituents is 1. The van der Waals surface area contributed by atoms with E-state index in [4.69, 9.17) is 16.3 Å². The molecule has 0 saturated heterocycles. The zero-order valence-corrected chi connectivity index (χ0v) is 12.5. The van der Waals surface area contributed by atoms with E-state index in [9.17, 15) is 10.1 Å². The molecule has 0 bridgehead atoms. The van der Waals surface area contributed by atoms with E-state index in [1.165, 1.54) is 12.1 Å². The fourth-order valence-electron chi connectivity index (χ4n) is 1.91. The maximum Gasteiger partial charge on any atom is 0.273 e. The van der Waals surface area contributed by atoms with Gasteiger partial charge in [-0.3, -0.25) is 10.1 Å². The molecule has 110 valence electrons. The molecule has 0 spiro atoms. The van der Waals surface area contributed by atoms with Crippen LogP contribution in [0.15, 0.2) is 36.4 Å². The Bertz CT molecular complexity index is 674. The number of aryl methyl sites for hydroxylation is 1. The van der Waals surface area contributed by atoms with Crippen LogP contribution in [0, 0.1) is 17.0 Å². The van der Waals surface area contributed by atoms with Gasteiger partial charge in [-0.1, -0.05) is 17.7 Å². The number of hydrogen-bond acceptors (Lipinski definition) is 4. The van der Waals surface area contributed by atoms with Crippen LogP contribution in [0.5, 0.6) is 11.5 Å². The maximum atomic E-state index is 10.9. The molecule has 0 fully saturated rings. The number of nitro groups is 1. The van der Waals surface area contributed by atoms with E-state index in [0.717, 1.165) is 11.1 Å². The topological polar surface area (TPSA) is 64.4 Å². The number of ether oxygens (including phenoxy) is 1. The summed E-state index contributed by atoms with van der Waals surface area (Å²) in [5.74, 6) is 1.03. The number of hydrogen-bond donors (Lipinski definition) is 1. The van der Waals surface area contributed by atoms with Crippen molar-refractivity contribution < 1.29 is 9.66 Å². The molecule has 0 aliphatic heterocycles. The molecule has 0 radical (unpaired) electrons. The van der Waals surface area contributed by atoms with E-state index >= 15 is 0 Å². The molecule has 0 unspecified atom stereocenters. The second-order valence-corrected chi connectivity index (χ2v) is 4.96. The summed E-state index contributed by atoms with van der Waals surface area (Å²) in [7, 11) is 1.81. The Morgan fingerprint density at radius 2 is 2.05 bits per heavy atom. The number of non-ortho nitro benzene ring substituents is 1. The van der Waals surface area contributed by atoms with Gasteiger partial charge in [-0.15, -0.1) is 0 Å². The monoisotopic (exact) mass is 306 g/mol. The third-order valence-corrected chi connectivity index (χ3v) is 3.39. The lowest BCUT2D eigenvalue weighted by Gasteiger charge is -2.13. The summed E-state index contributed by atoms with van der Waals surface area (Å²) < 4.78 is 5.84. The lowest BCUT2D eigenvalue weighted by Crippen LogP contribution is -2.07. The Balaban J connectivity index is 2.40. The third kappa shape index (κ3) is 3.51. The van der Waals surface area contributed by atoms with Crippen LogP contribution < -0.4 is 10.1 Å². The highest BCUT2D eigenvalue weighted by molar-refractivity contribution is 6.31. The van der Waals surface area contributed by atoms with Crippen LogP contribution in [0.2, 0.25) is 5.02 Å². The molecule has 2 aromatic carbocycles. The minimum absolute atomic E-state index is 0.00667. The largest absolute Gasteiger partial charge is 0.456 e. The molecule has 5 nitrogen and oxygen atoms in total. The molecular formula is C15H15ClN2O3. The molecule has 0 atom stereocenters. The Morgan fingerprint density at radius 1 is 1.29 bits per heavy atom. The van der Waals surface area contributed by atoms with Gasteiger partial charge in [0.15, 0.2) is 0 Å². The van der Waals surface area contributed by atoms with E-state index in [1.54, 1.807) is 24.3 Å². The molecule has 2 rings (SSSR count). The van der Waals surface area contributed by atoms with Crippen LogP contribution in [0.4, 0.5) is 5.69 Å². The van der Waals surface area contributed by atoms with Gasteiger partial charge < -0.3 is 10.1 Å². The van der Waals surface area contributed by atoms with E-state index in [2.05, 4.69) is 5.32 Å². The molecule has 1 N–H and O–H groups in total. The Kier molecular flexibility index (Phi) is 4.77. The molecule has 0 amide bonds. The van der Waals surface area contributed by atoms with Crippen LogP contribution in [0.3, 0.4) is 0 Å².